The molecule has 65 heavy (non-hydrogen) atoms. The fourth-order valence-corrected chi connectivity index (χ4v) is 11.0. The van der Waals surface area contributed by atoms with Gasteiger partial charge < -0.3 is 69.9 Å². The second kappa shape index (κ2) is 21.0. The zero-order chi connectivity index (χ0) is 46.0. The number of ether oxygens (including phenoxy) is 5. The maximum Gasteiger partial charge on any atom is 0.338 e. The molecule has 2 heterocycles. The Kier molecular flexibility index (Phi) is 17.6. The van der Waals surface area contributed by atoms with Crippen LogP contribution < -0.4 is 5.32 Å². The Bertz CT molecular complexity index is 2090. The summed E-state index contributed by atoms with van der Waals surface area (Å²) in [6, 6.07) is 15.2. The van der Waals surface area contributed by atoms with Crippen molar-refractivity contribution in [1.29, 1.82) is 0 Å². The van der Waals surface area contributed by atoms with Crippen LogP contribution in [-0.4, -0.2) is 157 Å². The summed E-state index contributed by atoms with van der Waals surface area (Å²) in [6.45, 7) is 5.96. The Morgan fingerprint density at radius 1 is 0.908 bits per heavy atom. The topological polar surface area (TPSA) is 288 Å². The monoisotopic (exact) mass is 1340 g/mol. The van der Waals surface area contributed by atoms with Gasteiger partial charge in [0.2, 0.25) is 0 Å². The Hall–Kier alpha value is -1.30. The van der Waals surface area contributed by atoms with E-state index in [1.807, 2.05) is 0 Å². The van der Waals surface area contributed by atoms with Gasteiger partial charge in [0.25, 0.3) is 5.91 Å². The van der Waals surface area contributed by atoms with Gasteiger partial charge in [-0.15, -0.1) is 0 Å². The molecule has 4 fully saturated rings. The Morgan fingerprint density at radius 2 is 1.52 bits per heavy atom. The second-order valence-corrected chi connectivity index (χ2v) is 18.3. The van der Waals surface area contributed by atoms with Gasteiger partial charge in [0.1, 0.15) is 54.9 Å². The normalized spacial score (nSPS) is 38.0. The van der Waals surface area contributed by atoms with Crippen molar-refractivity contribution in [3.8, 4) is 0 Å². The molecule has 9 N–H and O–H groups in total. The third kappa shape index (κ3) is 9.53. The summed E-state index contributed by atoms with van der Waals surface area (Å²) in [6.07, 6.45) is -16.5. The molecule has 1 amide bonds. The van der Waals surface area contributed by atoms with Crippen molar-refractivity contribution in [2.45, 2.75) is 126 Å². The number of rotatable bonds is 11. The van der Waals surface area contributed by atoms with Crippen molar-refractivity contribution in [3.63, 3.8) is 0 Å². The van der Waals surface area contributed by atoms with Crippen LogP contribution in [0.25, 0.3) is 0 Å². The number of ketones is 1. The molecule has 2 aromatic carbocycles. The van der Waals surface area contributed by atoms with E-state index in [1.54, 1.807) is 81.4 Å². The largest absolute Gasteiger partial charge is 0.459 e. The van der Waals surface area contributed by atoms with E-state index in [4.69, 9.17) is 23.7 Å². The first-order valence-corrected chi connectivity index (χ1v) is 21.0. The van der Waals surface area contributed by atoms with E-state index in [9.17, 15) is 55.2 Å². The van der Waals surface area contributed by atoms with Crippen LogP contribution in [0.1, 0.15) is 69.4 Å². The molecule has 3 aliphatic carbocycles. The standard InChI is InChI=1S/C45H57NO17.2Ac/c1-21-25(61-40(56)34(51)31(23-12-8-6-9-13-23)46-39(55)24-14-10-7-11-15-24)17-45(58)22(2)37-43(5,38(54)33(50)30(21)42(45,3)4)27(16-28-44(37,57)20-60-28)63-29(48)19-59-41-36(53)35(52)32(49)26(18-47)62-41;;/h6-15,22,25-28,31-37,41,47,49-53,57-58H,16-20H2,1-5H3,(H,46,55);;/t22-,25?,26?,27?,28?,31?,32?,33?,34?,35?,36?,37?,41?,43+,44?,45?;;/m0../s1. The summed E-state index contributed by atoms with van der Waals surface area (Å²) >= 11 is 0. The molecule has 14 unspecified atom stereocenters. The van der Waals surface area contributed by atoms with Crippen molar-refractivity contribution in [2.75, 3.05) is 19.8 Å². The van der Waals surface area contributed by atoms with Gasteiger partial charge in [-0.25, -0.2) is 9.59 Å². The van der Waals surface area contributed by atoms with E-state index in [1.165, 1.54) is 13.8 Å². The van der Waals surface area contributed by atoms with Gasteiger partial charge in [0, 0.05) is 118 Å². The predicted octanol–water partition coefficient (Wildman–Crippen LogP) is -0.628. The molecule has 0 spiro atoms. The van der Waals surface area contributed by atoms with Crippen LogP contribution >= 0.6 is 0 Å². The second-order valence-electron chi connectivity index (χ2n) is 18.3. The number of nitrogens with one attached hydrogen (secondary N) is 1. The van der Waals surface area contributed by atoms with Crippen LogP contribution in [0.15, 0.2) is 71.8 Å². The van der Waals surface area contributed by atoms with Gasteiger partial charge in [-0.3, -0.25) is 9.59 Å². The fraction of sp³-hybridized carbons (Fsp3) is 0.600. The number of aliphatic hydroxyl groups is 8. The minimum Gasteiger partial charge on any atom is -0.459 e. The molecule has 18 nitrogen and oxygen atoms in total. The maximum atomic E-state index is 15.1. The van der Waals surface area contributed by atoms with Gasteiger partial charge >= 0.3 is 11.9 Å². The van der Waals surface area contributed by atoms with Crippen LogP contribution in [0.4, 0.5) is 0 Å². The third-order valence-electron chi connectivity index (χ3n) is 14.6. The number of hydrogen-bond acceptors (Lipinski definition) is 17. The van der Waals surface area contributed by atoms with Crippen LogP contribution in [0, 0.1) is 111 Å². The van der Waals surface area contributed by atoms with Crippen LogP contribution in [0.3, 0.4) is 0 Å². The van der Waals surface area contributed by atoms with Crippen LogP contribution in [-0.2, 0) is 38.1 Å². The van der Waals surface area contributed by atoms with Crippen LogP contribution in [0.2, 0.25) is 0 Å². The molecule has 2 saturated carbocycles. The van der Waals surface area contributed by atoms with E-state index in [0.29, 0.717) is 5.56 Å². The molecule has 5 aliphatic rings. The first kappa shape index (κ1) is 54.6. The van der Waals surface area contributed by atoms with Gasteiger partial charge in [0.15, 0.2) is 18.2 Å². The van der Waals surface area contributed by atoms with Crippen molar-refractivity contribution in [1.82, 2.24) is 5.32 Å². The predicted molar refractivity (Wildman–Crippen MR) is 216 cm³/mol. The number of esters is 2. The molecule has 0 aromatic heterocycles. The van der Waals surface area contributed by atoms with E-state index in [0.717, 1.165) is 0 Å². The number of hydrogen-bond donors (Lipinski definition) is 9. The summed E-state index contributed by atoms with van der Waals surface area (Å²) in [5.74, 6) is -6.01. The van der Waals surface area contributed by atoms with Gasteiger partial charge in [-0.2, -0.15) is 0 Å². The summed E-state index contributed by atoms with van der Waals surface area (Å²) < 4.78 is 28.4. The van der Waals surface area contributed by atoms with Gasteiger partial charge in [0.05, 0.1) is 36.4 Å². The zero-order valence-electron chi connectivity index (χ0n) is 36.7. The Balaban J connectivity index is 0.00000397. The van der Waals surface area contributed by atoms with Gasteiger partial charge in [-0.1, -0.05) is 69.3 Å². The third-order valence-corrected chi connectivity index (χ3v) is 14.6. The number of carbonyl (C=O) groups is 4. The number of fused-ring (bicyclic) bond motifs is 5. The Labute approximate surface area is 447 Å². The van der Waals surface area contributed by atoms with E-state index < -0.39 is 138 Å². The molecule has 20 heteroatoms. The van der Waals surface area contributed by atoms with E-state index >= 15 is 4.79 Å². The number of benzene rings is 2. The molecule has 350 valence electrons. The summed E-state index contributed by atoms with van der Waals surface area (Å²) in [5, 5.41) is 92.3. The van der Waals surface area contributed by atoms with Crippen LogP contribution in [0.5, 0.6) is 0 Å². The van der Waals surface area contributed by atoms with Crippen molar-refractivity contribution in [3.05, 3.63) is 82.9 Å². The molecular weight excluding hydrogens is 1280 g/mol. The average molecular weight is 1340 g/mol. The first-order chi connectivity index (χ1) is 29.6. The van der Waals surface area contributed by atoms with Crippen molar-refractivity contribution < 1.29 is 172 Å². The minimum absolute atomic E-state index is 0. The molecule has 2 saturated heterocycles. The maximum absolute atomic E-state index is 15.1. The SMILES string of the molecule is CC1=C2C(O)C(=O)[C@]3(C)C(OC(=O)COC4OC(CO)C(O)C(O)C4O)CC4OCC4(O)C3[C@H](C)C(O)(CC1OC(=O)C(O)C(NC(=O)c1ccccc1)c1ccccc1)C2(C)C.[Ac].[Ac]. The molecule has 2 aliphatic heterocycles. The average Bonchev–Trinajstić information content (AvgIpc) is 3.26. The van der Waals surface area contributed by atoms with Crippen molar-refractivity contribution >= 4 is 23.6 Å². The number of amides is 1. The molecule has 7 rings (SSSR count). The number of aliphatic hydroxyl groups excluding tert-OH is 6. The molecular formula is C45H57Ac2NO17. The molecule has 16 atom stereocenters. The molecule has 2 radical (unpaired) electrons. The quantitative estimate of drug-likeness (QED) is 0.100. The van der Waals surface area contributed by atoms with Gasteiger partial charge in [-0.05, 0) is 48.6 Å². The smallest absolute Gasteiger partial charge is 0.338 e. The fourth-order valence-electron chi connectivity index (χ4n) is 11.0. The summed E-state index contributed by atoms with van der Waals surface area (Å²) in [4.78, 5) is 55.9. The number of Topliss-reactive ketones (excluding diaryl/α,β-unsaturated/α-hetero) is 1. The number of carbonyl (C=O) groups excluding carboxylic acids is 4. The van der Waals surface area contributed by atoms with E-state index in [2.05, 4.69) is 5.32 Å². The summed E-state index contributed by atoms with van der Waals surface area (Å²) in [5.41, 5.74) is -6.16. The molecule has 2 bridgehead atoms. The minimum atomic E-state index is -2.01. The molecule has 2 aromatic rings. The first-order valence-electron chi connectivity index (χ1n) is 21.0. The Morgan fingerprint density at radius 3 is 2.11 bits per heavy atom. The zero-order valence-corrected chi connectivity index (χ0v) is 46.2. The summed E-state index contributed by atoms with van der Waals surface area (Å²) in [7, 11) is 0. The van der Waals surface area contributed by atoms with E-state index in [-0.39, 0.29) is 124 Å². The van der Waals surface area contributed by atoms with Crippen molar-refractivity contribution in [2.24, 2.45) is 22.7 Å².